The third-order valence-corrected chi connectivity index (χ3v) is 4.56. The Bertz CT molecular complexity index is 634. The van der Waals surface area contributed by atoms with E-state index in [1.54, 1.807) is 17.9 Å². The molecular formula is C17H22FNO4. The summed E-state index contributed by atoms with van der Waals surface area (Å²) < 4.78 is 26.1. The van der Waals surface area contributed by atoms with Gasteiger partial charge in [-0.1, -0.05) is 6.92 Å². The lowest BCUT2D eigenvalue weighted by molar-refractivity contribution is 0.0703. The van der Waals surface area contributed by atoms with E-state index in [-0.39, 0.29) is 35.9 Å². The third kappa shape index (κ3) is 2.76. The van der Waals surface area contributed by atoms with Gasteiger partial charge in [-0.15, -0.1) is 0 Å². The predicted molar refractivity (Wildman–Crippen MR) is 82.5 cm³/mol. The highest BCUT2D eigenvalue weighted by molar-refractivity contribution is 6.00. The zero-order valence-corrected chi connectivity index (χ0v) is 13.6. The minimum absolute atomic E-state index is 0.0404. The average molecular weight is 323 g/mol. The van der Waals surface area contributed by atoms with E-state index in [4.69, 9.17) is 9.47 Å². The number of rotatable bonds is 3. The molecule has 1 amide bonds. The zero-order chi connectivity index (χ0) is 16.7. The monoisotopic (exact) mass is 323 g/mol. The van der Waals surface area contributed by atoms with Gasteiger partial charge in [0.15, 0.2) is 11.6 Å². The van der Waals surface area contributed by atoms with Gasteiger partial charge in [-0.25, -0.2) is 4.39 Å². The van der Waals surface area contributed by atoms with Gasteiger partial charge in [0.1, 0.15) is 17.9 Å². The number of fused-ring (bicyclic) bond motifs is 2. The van der Waals surface area contributed by atoms with Gasteiger partial charge in [0, 0.05) is 6.54 Å². The Morgan fingerprint density at radius 2 is 2.30 bits per heavy atom. The Labute approximate surface area is 135 Å². The zero-order valence-electron chi connectivity index (χ0n) is 13.6. The van der Waals surface area contributed by atoms with E-state index in [1.807, 2.05) is 13.8 Å². The molecule has 0 bridgehead atoms. The molecule has 3 rings (SSSR count). The second-order valence-electron chi connectivity index (χ2n) is 6.36. The maximum atomic E-state index is 14.6. The number of benzene rings is 1. The van der Waals surface area contributed by atoms with Gasteiger partial charge < -0.3 is 19.5 Å². The molecule has 1 fully saturated rings. The fraction of sp³-hybridized carbons (Fsp3) is 0.588. The first-order valence-electron chi connectivity index (χ1n) is 8.04. The quantitative estimate of drug-likeness (QED) is 0.927. The highest BCUT2D eigenvalue weighted by Crippen LogP contribution is 2.39. The second-order valence-corrected chi connectivity index (χ2v) is 6.36. The number of amides is 1. The van der Waals surface area contributed by atoms with Gasteiger partial charge in [-0.3, -0.25) is 4.79 Å². The number of carbonyl (C=O) groups excluding carboxylic acids is 1. The molecule has 126 valence electrons. The molecule has 0 unspecified atom stereocenters. The molecule has 2 aliphatic rings. The van der Waals surface area contributed by atoms with Crippen LogP contribution in [0.3, 0.4) is 0 Å². The summed E-state index contributed by atoms with van der Waals surface area (Å²) in [4.78, 5) is 14.5. The number of ether oxygens (including phenoxy) is 2. The Kier molecular flexibility index (Phi) is 4.19. The fourth-order valence-corrected chi connectivity index (χ4v) is 3.07. The lowest BCUT2D eigenvalue weighted by Gasteiger charge is -2.22. The average Bonchev–Trinajstić information content (AvgIpc) is 2.84. The van der Waals surface area contributed by atoms with E-state index < -0.39 is 11.9 Å². The van der Waals surface area contributed by atoms with Crippen LogP contribution in [-0.4, -0.2) is 47.3 Å². The van der Waals surface area contributed by atoms with Crippen LogP contribution in [0.1, 0.15) is 42.6 Å². The summed E-state index contributed by atoms with van der Waals surface area (Å²) in [5, 5.41) is 9.81. The normalized spacial score (nSPS) is 24.6. The van der Waals surface area contributed by atoms with Crippen molar-refractivity contribution in [3.63, 3.8) is 0 Å². The van der Waals surface area contributed by atoms with Crippen molar-refractivity contribution in [3.8, 4) is 11.5 Å². The van der Waals surface area contributed by atoms with Crippen molar-refractivity contribution in [1.29, 1.82) is 0 Å². The van der Waals surface area contributed by atoms with Crippen molar-refractivity contribution in [2.45, 2.75) is 51.9 Å². The highest BCUT2D eigenvalue weighted by atomic mass is 19.1. The molecule has 1 saturated heterocycles. The van der Waals surface area contributed by atoms with Gasteiger partial charge >= 0.3 is 0 Å². The predicted octanol–water partition coefficient (Wildman–Crippen LogP) is 2.28. The minimum atomic E-state index is -0.566. The molecule has 0 saturated carbocycles. The highest BCUT2D eigenvalue weighted by Gasteiger charge is 2.41. The topological polar surface area (TPSA) is 59.0 Å². The van der Waals surface area contributed by atoms with Crippen molar-refractivity contribution in [2.24, 2.45) is 0 Å². The molecule has 2 heterocycles. The maximum Gasteiger partial charge on any atom is 0.261 e. The van der Waals surface area contributed by atoms with Crippen LogP contribution in [0.25, 0.3) is 0 Å². The minimum Gasteiger partial charge on any atom is -0.490 e. The Morgan fingerprint density at radius 1 is 1.57 bits per heavy atom. The van der Waals surface area contributed by atoms with Crippen LogP contribution in [0.15, 0.2) is 6.07 Å². The molecule has 6 heteroatoms. The molecule has 2 aliphatic heterocycles. The Hall–Kier alpha value is -1.82. The smallest absolute Gasteiger partial charge is 0.261 e. The van der Waals surface area contributed by atoms with Crippen molar-refractivity contribution >= 4 is 5.91 Å². The van der Waals surface area contributed by atoms with Crippen molar-refractivity contribution < 1.29 is 23.8 Å². The molecular weight excluding hydrogens is 301 g/mol. The van der Waals surface area contributed by atoms with Crippen molar-refractivity contribution in [1.82, 2.24) is 4.90 Å². The summed E-state index contributed by atoms with van der Waals surface area (Å²) in [5.74, 6) is -0.548. The third-order valence-electron chi connectivity index (χ3n) is 4.56. The number of aliphatic hydroxyl groups is 1. The van der Waals surface area contributed by atoms with Gasteiger partial charge in [0.2, 0.25) is 0 Å². The van der Waals surface area contributed by atoms with Crippen LogP contribution in [0, 0.1) is 12.7 Å². The van der Waals surface area contributed by atoms with Crippen LogP contribution in [0.5, 0.6) is 11.5 Å². The number of aryl methyl sites for hydroxylation is 1. The molecule has 23 heavy (non-hydrogen) atoms. The molecule has 1 aromatic rings. The molecule has 5 nitrogen and oxygen atoms in total. The van der Waals surface area contributed by atoms with Gasteiger partial charge in [0.05, 0.1) is 18.2 Å². The number of hydrogen-bond donors (Lipinski definition) is 1. The van der Waals surface area contributed by atoms with Crippen LogP contribution >= 0.6 is 0 Å². The van der Waals surface area contributed by atoms with Crippen LogP contribution in [0.4, 0.5) is 4.39 Å². The van der Waals surface area contributed by atoms with Gasteiger partial charge in [-0.05, 0) is 38.3 Å². The molecule has 0 radical (unpaired) electrons. The molecule has 0 aliphatic carbocycles. The first-order chi connectivity index (χ1) is 10.9. The fourth-order valence-electron chi connectivity index (χ4n) is 3.07. The summed E-state index contributed by atoms with van der Waals surface area (Å²) in [7, 11) is 0. The van der Waals surface area contributed by atoms with E-state index in [9.17, 15) is 14.3 Å². The Morgan fingerprint density at radius 3 is 3.00 bits per heavy atom. The molecule has 1 N–H and O–H groups in total. The molecule has 1 aromatic carbocycles. The lowest BCUT2D eigenvalue weighted by atomic mass is 10.1. The molecule has 0 aromatic heterocycles. The SMILES string of the molecule is CC[C@@H](C)Oc1c(F)c(C)cc2c1C(=O)N1C[C@@H](O)C[C@@H]1CO2. The first-order valence-corrected chi connectivity index (χ1v) is 8.04. The number of hydrogen-bond acceptors (Lipinski definition) is 4. The summed E-state index contributed by atoms with van der Waals surface area (Å²) in [5.41, 5.74) is 0.516. The van der Waals surface area contributed by atoms with Crippen LogP contribution in [-0.2, 0) is 0 Å². The van der Waals surface area contributed by atoms with Crippen LogP contribution < -0.4 is 9.47 Å². The lowest BCUT2D eigenvalue weighted by Crippen LogP contribution is -2.37. The summed E-state index contributed by atoms with van der Waals surface area (Å²) in [6, 6.07) is 1.36. The molecule has 3 atom stereocenters. The van der Waals surface area contributed by atoms with E-state index >= 15 is 0 Å². The second kappa shape index (κ2) is 6.00. The number of nitrogens with zero attached hydrogens (tertiary/aromatic N) is 1. The first kappa shape index (κ1) is 16.1. The number of aliphatic hydroxyl groups excluding tert-OH is 1. The standard InChI is InChI=1S/C17H22FNO4/c1-4-10(3)23-16-14-13(5-9(2)15(16)18)22-8-11-6-12(20)7-19(11)17(14)21/h5,10-12,20H,4,6-8H2,1-3H3/t10-,11-,12+/m1/s1. The summed E-state index contributed by atoms with van der Waals surface area (Å²) >= 11 is 0. The largest absolute Gasteiger partial charge is 0.490 e. The summed E-state index contributed by atoms with van der Waals surface area (Å²) in [6.45, 7) is 5.93. The van der Waals surface area contributed by atoms with Gasteiger partial charge in [-0.2, -0.15) is 0 Å². The maximum absolute atomic E-state index is 14.6. The van der Waals surface area contributed by atoms with E-state index in [1.165, 1.54) is 0 Å². The Balaban J connectivity index is 2.09. The van der Waals surface area contributed by atoms with Crippen LogP contribution in [0.2, 0.25) is 0 Å². The van der Waals surface area contributed by atoms with Crippen molar-refractivity contribution in [2.75, 3.05) is 13.2 Å². The molecule has 0 spiro atoms. The van der Waals surface area contributed by atoms with E-state index in [2.05, 4.69) is 0 Å². The van der Waals surface area contributed by atoms with Gasteiger partial charge in [0.25, 0.3) is 5.91 Å². The summed E-state index contributed by atoms with van der Waals surface area (Å²) in [6.07, 6.45) is 0.389. The van der Waals surface area contributed by atoms with E-state index in [0.717, 1.165) is 0 Å². The number of halogens is 1. The van der Waals surface area contributed by atoms with Crippen molar-refractivity contribution in [3.05, 3.63) is 23.0 Å². The van der Waals surface area contributed by atoms with E-state index in [0.29, 0.717) is 30.8 Å². The number of carbonyl (C=O) groups is 1.